The van der Waals surface area contributed by atoms with Crippen molar-refractivity contribution in [1.82, 2.24) is 5.32 Å². The third-order valence-electron chi connectivity index (χ3n) is 4.07. The summed E-state index contributed by atoms with van der Waals surface area (Å²) in [4.78, 5) is 2.09. The summed E-state index contributed by atoms with van der Waals surface area (Å²) < 4.78 is 38.5. The molecule has 0 aliphatic carbocycles. The van der Waals surface area contributed by atoms with Crippen LogP contribution in [0.2, 0.25) is 0 Å². The second kappa shape index (κ2) is 6.69. The van der Waals surface area contributed by atoms with E-state index in [9.17, 15) is 13.2 Å². The van der Waals surface area contributed by atoms with Crippen molar-refractivity contribution in [2.24, 2.45) is 5.92 Å². The number of nitrogens with zero attached hydrogens (tertiary/aromatic N) is 1. The van der Waals surface area contributed by atoms with Crippen molar-refractivity contribution < 1.29 is 13.2 Å². The van der Waals surface area contributed by atoms with E-state index in [0.717, 1.165) is 38.5 Å². The summed E-state index contributed by atoms with van der Waals surface area (Å²) in [5, 5.41) is 3.52. The van der Waals surface area contributed by atoms with Crippen molar-refractivity contribution in [3.05, 3.63) is 29.8 Å². The van der Waals surface area contributed by atoms with Gasteiger partial charge < -0.3 is 10.2 Å². The fourth-order valence-corrected chi connectivity index (χ4v) is 2.78. The van der Waals surface area contributed by atoms with Crippen LogP contribution in [0.25, 0.3) is 0 Å². The van der Waals surface area contributed by atoms with Gasteiger partial charge in [0.05, 0.1) is 5.56 Å². The van der Waals surface area contributed by atoms with Gasteiger partial charge in [-0.15, -0.1) is 0 Å². The number of hydrogen-bond donors (Lipinski definition) is 1. The number of hydrogen-bond acceptors (Lipinski definition) is 2. The Hall–Kier alpha value is -1.23. The van der Waals surface area contributed by atoms with Gasteiger partial charge in [-0.2, -0.15) is 13.2 Å². The summed E-state index contributed by atoms with van der Waals surface area (Å²) in [5.41, 5.74) is 0.105. The van der Waals surface area contributed by atoms with Gasteiger partial charge in [-0.1, -0.05) is 19.9 Å². The zero-order valence-electron chi connectivity index (χ0n) is 12.6. The first-order valence-electron chi connectivity index (χ1n) is 7.55. The first kappa shape index (κ1) is 16.1. The molecule has 0 saturated carbocycles. The zero-order valence-corrected chi connectivity index (χ0v) is 12.6. The summed E-state index contributed by atoms with van der Waals surface area (Å²) in [5.74, 6) is 0.411. The molecule has 0 spiro atoms. The molecular weight excluding hydrogens is 277 g/mol. The Morgan fingerprint density at radius 3 is 2.76 bits per heavy atom. The van der Waals surface area contributed by atoms with E-state index in [1.807, 2.05) is 0 Å². The molecule has 1 fully saturated rings. The molecule has 1 aromatic rings. The molecule has 2 unspecified atom stereocenters. The average molecular weight is 300 g/mol. The Balaban J connectivity index is 2.18. The monoisotopic (exact) mass is 300 g/mol. The Morgan fingerprint density at radius 1 is 1.33 bits per heavy atom. The standard InChI is InChI=1S/C16H23F3N2/c1-3-14-7-8-21(11-12(2)10-20-14)15-6-4-5-13(9-15)16(17,18)19/h4-6,9,12,14,20H,3,7-8,10-11H2,1-2H3. The van der Waals surface area contributed by atoms with Gasteiger partial charge in [0.2, 0.25) is 0 Å². The van der Waals surface area contributed by atoms with Crippen LogP contribution in [0.5, 0.6) is 0 Å². The quantitative estimate of drug-likeness (QED) is 0.890. The maximum atomic E-state index is 12.8. The van der Waals surface area contributed by atoms with Crippen LogP contribution in [-0.4, -0.2) is 25.7 Å². The highest BCUT2D eigenvalue weighted by molar-refractivity contribution is 5.49. The maximum Gasteiger partial charge on any atom is 0.416 e. The van der Waals surface area contributed by atoms with Crippen molar-refractivity contribution in [2.45, 2.75) is 38.9 Å². The number of alkyl halides is 3. The van der Waals surface area contributed by atoms with Crippen LogP contribution in [0.15, 0.2) is 24.3 Å². The molecule has 1 aromatic carbocycles. The first-order chi connectivity index (χ1) is 9.90. The summed E-state index contributed by atoms with van der Waals surface area (Å²) in [7, 11) is 0. The second-order valence-electron chi connectivity index (χ2n) is 5.90. The average Bonchev–Trinajstić information content (AvgIpc) is 2.42. The van der Waals surface area contributed by atoms with Gasteiger partial charge in [0.1, 0.15) is 0 Å². The normalized spacial score (nSPS) is 24.5. The van der Waals surface area contributed by atoms with E-state index in [0.29, 0.717) is 17.6 Å². The van der Waals surface area contributed by atoms with Gasteiger partial charge in [0.25, 0.3) is 0 Å². The fourth-order valence-electron chi connectivity index (χ4n) is 2.78. The topological polar surface area (TPSA) is 15.3 Å². The van der Waals surface area contributed by atoms with Gasteiger partial charge in [0, 0.05) is 24.8 Å². The lowest BCUT2D eigenvalue weighted by Crippen LogP contribution is -2.43. The lowest BCUT2D eigenvalue weighted by Gasteiger charge is -2.34. The van der Waals surface area contributed by atoms with E-state index in [-0.39, 0.29) is 0 Å². The van der Waals surface area contributed by atoms with Crippen molar-refractivity contribution in [3.8, 4) is 0 Å². The zero-order chi connectivity index (χ0) is 15.5. The Kier molecular flexibility index (Phi) is 5.14. The van der Waals surface area contributed by atoms with Gasteiger partial charge in [-0.05, 0) is 43.5 Å². The van der Waals surface area contributed by atoms with E-state index in [2.05, 4.69) is 24.1 Å². The van der Waals surface area contributed by atoms with Gasteiger partial charge in [-0.25, -0.2) is 0 Å². The first-order valence-corrected chi connectivity index (χ1v) is 7.55. The molecule has 2 rings (SSSR count). The highest BCUT2D eigenvalue weighted by Crippen LogP contribution is 2.32. The number of anilines is 1. The van der Waals surface area contributed by atoms with Crippen LogP contribution in [0.3, 0.4) is 0 Å². The fraction of sp³-hybridized carbons (Fsp3) is 0.625. The van der Waals surface area contributed by atoms with E-state index < -0.39 is 11.7 Å². The molecule has 118 valence electrons. The summed E-state index contributed by atoms with van der Waals surface area (Å²) in [6.45, 7) is 6.75. The highest BCUT2D eigenvalue weighted by Gasteiger charge is 2.31. The Bertz CT molecular complexity index is 459. The minimum absolute atomic E-state index is 0.411. The van der Waals surface area contributed by atoms with E-state index in [1.54, 1.807) is 6.07 Å². The molecule has 1 saturated heterocycles. The summed E-state index contributed by atoms with van der Waals surface area (Å²) >= 11 is 0. The molecule has 1 aliphatic rings. The molecule has 0 radical (unpaired) electrons. The SMILES string of the molecule is CCC1CCN(c2cccc(C(F)(F)F)c2)CC(C)CN1. The van der Waals surface area contributed by atoms with Crippen molar-refractivity contribution in [1.29, 1.82) is 0 Å². The molecule has 21 heavy (non-hydrogen) atoms. The van der Waals surface area contributed by atoms with Gasteiger partial charge in [-0.3, -0.25) is 0 Å². The molecule has 1 N–H and O–H groups in total. The van der Waals surface area contributed by atoms with Crippen molar-refractivity contribution in [3.63, 3.8) is 0 Å². The van der Waals surface area contributed by atoms with Gasteiger partial charge >= 0.3 is 6.18 Å². The molecule has 1 aliphatic heterocycles. The number of nitrogens with one attached hydrogen (secondary N) is 1. The predicted molar refractivity (Wildman–Crippen MR) is 79.5 cm³/mol. The van der Waals surface area contributed by atoms with E-state index >= 15 is 0 Å². The second-order valence-corrected chi connectivity index (χ2v) is 5.90. The molecule has 1 heterocycles. The minimum Gasteiger partial charge on any atom is -0.371 e. The van der Waals surface area contributed by atoms with Crippen LogP contribution in [0.4, 0.5) is 18.9 Å². The molecule has 2 nitrogen and oxygen atoms in total. The van der Waals surface area contributed by atoms with Crippen molar-refractivity contribution in [2.75, 3.05) is 24.5 Å². The van der Waals surface area contributed by atoms with E-state index in [4.69, 9.17) is 0 Å². The maximum absolute atomic E-state index is 12.8. The third kappa shape index (κ3) is 4.37. The molecular formula is C16H23F3N2. The van der Waals surface area contributed by atoms with Gasteiger partial charge in [0.15, 0.2) is 0 Å². The lowest BCUT2D eigenvalue weighted by atomic mass is 10.0. The van der Waals surface area contributed by atoms with Crippen LogP contribution in [0.1, 0.15) is 32.3 Å². The summed E-state index contributed by atoms with van der Waals surface area (Å²) in [6.07, 6.45) is -2.28. The van der Waals surface area contributed by atoms with E-state index in [1.165, 1.54) is 12.1 Å². The predicted octanol–water partition coefficient (Wildman–Crippen LogP) is 3.92. The number of rotatable bonds is 2. The minimum atomic E-state index is -4.28. The van der Waals surface area contributed by atoms with Crippen LogP contribution in [0, 0.1) is 5.92 Å². The molecule has 5 heteroatoms. The van der Waals surface area contributed by atoms with Crippen molar-refractivity contribution >= 4 is 5.69 Å². The smallest absolute Gasteiger partial charge is 0.371 e. The van der Waals surface area contributed by atoms with Crippen LogP contribution < -0.4 is 10.2 Å². The summed E-state index contributed by atoms with van der Waals surface area (Å²) in [6, 6.07) is 6.12. The van der Waals surface area contributed by atoms with Crippen LogP contribution in [-0.2, 0) is 6.18 Å². The molecule has 0 amide bonds. The number of benzene rings is 1. The Labute approximate surface area is 124 Å². The largest absolute Gasteiger partial charge is 0.416 e. The number of halogens is 3. The molecule has 0 aromatic heterocycles. The molecule has 0 bridgehead atoms. The Morgan fingerprint density at radius 2 is 2.10 bits per heavy atom. The highest BCUT2D eigenvalue weighted by atomic mass is 19.4. The third-order valence-corrected chi connectivity index (χ3v) is 4.07. The van der Waals surface area contributed by atoms with Crippen LogP contribution >= 0.6 is 0 Å². The lowest BCUT2D eigenvalue weighted by molar-refractivity contribution is -0.137. The molecule has 2 atom stereocenters.